The summed E-state index contributed by atoms with van der Waals surface area (Å²) < 4.78 is 15.9. The highest BCUT2D eigenvalue weighted by Gasteiger charge is 2.10. The SMILES string of the molecule is Fc1ccc(N=c2scc(-c3ccccc3Br)n2/N=C\c2ccccn2)cc1. The van der Waals surface area contributed by atoms with Gasteiger partial charge in [0.15, 0.2) is 0 Å². The average molecular weight is 453 g/mol. The molecule has 4 rings (SSSR count). The molecule has 0 unspecified atom stereocenters. The molecule has 0 atom stereocenters. The van der Waals surface area contributed by atoms with Crippen LogP contribution in [0.5, 0.6) is 0 Å². The number of pyridine rings is 1. The third-order valence-corrected chi connectivity index (χ3v) is 5.39. The van der Waals surface area contributed by atoms with Crippen molar-refractivity contribution < 1.29 is 4.39 Å². The zero-order valence-electron chi connectivity index (χ0n) is 14.5. The van der Waals surface area contributed by atoms with E-state index in [1.807, 2.05) is 47.8 Å². The molecule has 0 amide bonds. The standard InChI is InChI=1S/C21H14BrFN4S/c22-19-7-2-1-6-18(19)20-14-28-21(26-16-10-8-15(23)9-11-16)27(20)25-13-17-5-3-4-12-24-17/h1-14H/b25-13-,26-21?. The maximum atomic E-state index is 13.2. The van der Waals surface area contributed by atoms with E-state index in [1.54, 1.807) is 29.2 Å². The van der Waals surface area contributed by atoms with E-state index in [4.69, 9.17) is 0 Å². The highest BCUT2D eigenvalue weighted by molar-refractivity contribution is 9.10. The third-order valence-electron chi connectivity index (χ3n) is 3.88. The molecule has 0 aliphatic carbocycles. The van der Waals surface area contributed by atoms with Crippen molar-refractivity contribution >= 4 is 39.2 Å². The summed E-state index contributed by atoms with van der Waals surface area (Å²) in [6.45, 7) is 0. The molecule has 0 bridgehead atoms. The summed E-state index contributed by atoms with van der Waals surface area (Å²) in [6, 6.07) is 19.6. The second kappa shape index (κ2) is 8.41. The molecule has 28 heavy (non-hydrogen) atoms. The van der Waals surface area contributed by atoms with Crippen molar-refractivity contribution in [2.24, 2.45) is 10.1 Å². The van der Waals surface area contributed by atoms with Gasteiger partial charge in [-0.25, -0.2) is 14.1 Å². The molecule has 0 N–H and O–H groups in total. The van der Waals surface area contributed by atoms with Crippen LogP contribution in [0.1, 0.15) is 5.69 Å². The number of hydrogen-bond donors (Lipinski definition) is 0. The summed E-state index contributed by atoms with van der Waals surface area (Å²) in [4.78, 5) is 9.59. The summed E-state index contributed by atoms with van der Waals surface area (Å²) in [5.74, 6) is -0.292. The van der Waals surface area contributed by atoms with E-state index in [9.17, 15) is 4.39 Å². The van der Waals surface area contributed by atoms with Gasteiger partial charge in [-0.2, -0.15) is 5.10 Å². The van der Waals surface area contributed by atoms with Crippen molar-refractivity contribution in [2.75, 3.05) is 0 Å². The van der Waals surface area contributed by atoms with E-state index in [0.717, 1.165) is 21.4 Å². The predicted molar refractivity (Wildman–Crippen MR) is 114 cm³/mol. The van der Waals surface area contributed by atoms with Crippen LogP contribution in [-0.2, 0) is 0 Å². The molecule has 0 aliphatic rings. The van der Waals surface area contributed by atoms with Crippen LogP contribution in [0, 0.1) is 5.82 Å². The van der Waals surface area contributed by atoms with Crippen molar-refractivity contribution in [2.45, 2.75) is 0 Å². The smallest absolute Gasteiger partial charge is 0.211 e. The normalized spacial score (nSPS) is 12.0. The Morgan fingerprint density at radius 3 is 2.54 bits per heavy atom. The molecule has 0 spiro atoms. The van der Waals surface area contributed by atoms with Gasteiger partial charge in [0.05, 0.1) is 23.3 Å². The zero-order chi connectivity index (χ0) is 19.3. The first-order valence-electron chi connectivity index (χ1n) is 8.42. The van der Waals surface area contributed by atoms with Crippen LogP contribution in [0.2, 0.25) is 0 Å². The maximum absolute atomic E-state index is 13.2. The fourth-order valence-corrected chi connectivity index (χ4v) is 3.87. The first-order valence-corrected chi connectivity index (χ1v) is 10.1. The molecule has 2 aromatic heterocycles. The van der Waals surface area contributed by atoms with Crippen LogP contribution in [-0.4, -0.2) is 15.9 Å². The predicted octanol–water partition coefficient (Wildman–Crippen LogP) is 5.63. The Balaban J connectivity index is 1.86. The molecular formula is C21H14BrFN4S. The second-order valence-corrected chi connectivity index (χ2v) is 7.47. The average Bonchev–Trinajstić information content (AvgIpc) is 3.11. The first kappa shape index (κ1) is 18.5. The van der Waals surface area contributed by atoms with Crippen molar-refractivity contribution in [1.29, 1.82) is 0 Å². The largest absolute Gasteiger partial charge is 0.255 e. The van der Waals surface area contributed by atoms with Gasteiger partial charge < -0.3 is 0 Å². The lowest BCUT2D eigenvalue weighted by atomic mass is 10.2. The fourth-order valence-electron chi connectivity index (χ4n) is 2.54. The number of hydrogen-bond acceptors (Lipinski definition) is 4. The fraction of sp³-hybridized carbons (Fsp3) is 0. The van der Waals surface area contributed by atoms with Gasteiger partial charge in [0.1, 0.15) is 5.82 Å². The number of aromatic nitrogens is 2. The minimum Gasteiger partial charge on any atom is -0.255 e. The number of rotatable bonds is 4. The number of nitrogens with zero attached hydrogens (tertiary/aromatic N) is 4. The van der Waals surface area contributed by atoms with Crippen LogP contribution >= 0.6 is 27.3 Å². The van der Waals surface area contributed by atoms with E-state index in [2.05, 4.69) is 31.0 Å². The van der Waals surface area contributed by atoms with Crippen molar-refractivity contribution in [3.63, 3.8) is 0 Å². The summed E-state index contributed by atoms with van der Waals surface area (Å²) in [5, 5.41) is 6.62. The van der Waals surface area contributed by atoms with Gasteiger partial charge in [-0.15, -0.1) is 11.3 Å². The molecule has 0 radical (unpaired) electrons. The van der Waals surface area contributed by atoms with Gasteiger partial charge in [0.2, 0.25) is 4.80 Å². The molecule has 2 aromatic carbocycles. The van der Waals surface area contributed by atoms with Crippen LogP contribution in [0.15, 0.2) is 92.9 Å². The van der Waals surface area contributed by atoms with Crippen LogP contribution < -0.4 is 4.80 Å². The Labute approximate surface area is 173 Å². The van der Waals surface area contributed by atoms with Crippen molar-refractivity contribution in [3.05, 3.63) is 99.1 Å². The quantitative estimate of drug-likeness (QED) is 0.370. The molecular weight excluding hydrogens is 439 g/mol. The van der Waals surface area contributed by atoms with Crippen LogP contribution in [0.25, 0.3) is 11.3 Å². The Morgan fingerprint density at radius 2 is 1.79 bits per heavy atom. The van der Waals surface area contributed by atoms with Crippen molar-refractivity contribution in [3.8, 4) is 11.3 Å². The molecule has 0 saturated heterocycles. The molecule has 138 valence electrons. The number of benzene rings is 2. The Hall–Kier alpha value is -2.90. The van der Waals surface area contributed by atoms with Gasteiger partial charge in [-0.05, 0) is 42.5 Å². The number of thiazole rings is 1. The lowest BCUT2D eigenvalue weighted by Gasteiger charge is -2.05. The zero-order valence-corrected chi connectivity index (χ0v) is 16.9. The Kier molecular flexibility index (Phi) is 5.55. The monoisotopic (exact) mass is 452 g/mol. The summed E-state index contributed by atoms with van der Waals surface area (Å²) >= 11 is 5.06. The molecule has 2 heterocycles. The van der Waals surface area contributed by atoms with Crippen molar-refractivity contribution in [1.82, 2.24) is 9.66 Å². The highest BCUT2D eigenvalue weighted by Crippen LogP contribution is 2.28. The maximum Gasteiger partial charge on any atom is 0.211 e. The second-order valence-electron chi connectivity index (χ2n) is 5.78. The molecule has 4 nitrogen and oxygen atoms in total. The van der Waals surface area contributed by atoms with Gasteiger partial charge in [-0.3, -0.25) is 4.98 Å². The van der Waals surface area contributed by atoms with Crippen LogP contribution in [0.3, 0.4) is 0 Å². The lowest BCUT2D eigenvalue weighted by Crippen LogP contribution is -2.11. The van der Waals surface area contributed by atoms with E-state index in [0.29, 0.717) is 10.5 Å². The summed E-state index contributed by atoms with van der Waals surface area (Å²) in [6.07, 6.45) is 3.41. The van der Waals surface area contributed by atoms with E-state index < -0.39 is 0 Å². The number of halogens is 2. The minimum absolute atomic E-state index is 0.292. The molecule has 0 fully saturated rings. The summed E-state index contributed by atoms with van der Waals surface area (Å²) in [7, 11) is 0. The van der Waals surface area contributed by atoms with E-state index in [1.165, 1.54) is 23.5 Å². The molecule has 7 heteroatoms. The molecule has 0 aliphatic heterocycles. The van der Waals surface area contributed by atoms with E-state index in [-0.39, 0.29) is 5.82 Å². The first-order chi connectivity index (χ1) is 13.7. The highest BCUT2D eigenvalue weighted by atomic mass is 79.9. The Bertz CT molecular complexity index is 1180. The third kappa shape index (κ3) is 4.16. The lowest BCUT2D eigenvalue weighted by molar-refractivity contribution is 0.628. The van der Waals surface area contributed by atoms with Crippen LogP contribution in [0.4, 0.5) is 10.1 Å². The van der Waals surface area contributed by atoms with Gasteiger partial charge in [0, 0.05) is 21.6 Å². The molecule has 4 aromatic rings. The van der Waals surface area contributed by atoms with Gasteiger partial charge >= 0.3 is 0 Å². The van der Waals surface area contributed by atoms with Gasteiger partial charge in [-0.1, -0.05) is 40.2 Å². The summed E-state index contributed by atoms with van der Waals surface area (Å²) in [5.41, 5.74) is 3.29. The topological polar surface area (TPSA) is 42.5 Å². The minimum atomic E-state index is -0.292. The van der Waals surface area contributed by atoms with Gasteiger partial charge in [0.25, 0.3) is 0 Å². The van der Waals surface area contributed by atoms with E-state index >= 15 is 0 Å². The Morgan fingerprint density at radius 1 is 1.00 bits per heavy atom. The molecule has 0 saturated carbocycles.